The van der Waals surface area contributed by atoms with Crippen LogP contribution >= 0.6 is 0 Å². The van der Waals surface area contributed by atoms with Gasteiger partial charge in [-0.05, 0) is 6.42 Å². The third-order valence-electron chi connectivity index (χ3n) is 1.49. The van der Waals surface area contributed by atoms with Crippen LogP contribution in [0.1, 0.15) is 12.8 Å². The summed E-state index contributed by atoms with van der Waals surface area (Å²) in [7, 11) is 0. The standard InChI is InChI=1S/C6H8F6O2/c7-4(8,2-1-3-13)5(9,10)6(11,12)14/h13-14H,1-3H2. The summed E-state index contributed by atoms with van der Waals surface area (Å²) in [4.78, 5) is 0. The molecule has 0 spiro atoms. The summed E-state index contributed by atoms with van der Waals surface area (Å²) in [6, 6.07) is 0. The fraction of sp³-hybridized carbons (Fsp3) is 1.00. The molecule has 0 saturated carbocycles. The smallest absolute Gasteiger partial charge is 0.396 e. The molecule has 2 nitrogen and oxygen atoms in total. The lowest BCUT2D eigenvalue weighted by Crippen LogP contribution is -2.54. The molecule has 0 aliphatic rings. The Labute approximate surface area is 75.1 Å². The maximum absolute atomic E-state index is 12.4. The van der Waals surface area contributed by atoms with Crippen LogP contribution in [0.2, 0.25) is 0 Å². The molecule has 0 aromatic rings. The van der Waals surface area contributed by atoms with Crippen molar-refractivity contribution in [2.24, 2.45) is 0 Å². The Kier molecular flexibility index (Phi) is 3.79. The highest BCUT2D eigenvalue weighted by molar-refractivity contribution is 4.90. The van der Waals surface area contributed by atoms with Crippen molar-refractivity contribution in [3.8, 4) is 0 Å². The molecular weight excluding hydrogens is 218 g/mol. The van der Waals surface area contributed by atoms with E-state index >= 15 is 0 Å². The molecule has 0 unspecified atom stereocenters. The summed E-state index contributed by atoms with van der Waals surface area (Å²) in [6.45, 7) is -0.831. The lowest BCUT2D eigenvalue weighted by atomic mass is 10.1. The van der Waals surface area contributed by atoms with Crippen molar-refractivity contribution in [1.82, 2.24) is 0 Å². The van der Waals surface area contributed by atoms with Gasteiger partial charge < -0.3 is 10.2 Å². The van der Waals surface area contributed by atoms with E-state index in [1.165, 1.54) is 0 Å². The Hall–Kier alpha value is -0.500. The van der Waals surface area contributed by atoms with Crippen molar-refractivity contribution < 1.29 is 36.6 Å². The summed E-state index contributed by atoms with van der Waals surface area (Å²) < 4.78 is 72.5. The van der Waals surface area contributed by atoms with Crippen molar-refractivity contribution in [3.05, 3.63) is 0 Å². The van der Waals surface area contributed by atoms with Gasteiger partial charge in [0.2, 0.25) is 0 Å². The Bertz CT molecular complexity index is 187. The van der Waals surface area contributed by atoms with Gasteiger partial charge >= 0.3 is 18.0 Å². The largest absolute Gasteiger partial charge is 0.423 e. The van der Waals surface area contributed by atoms with E-state index in [0.717, 1.165) is 0 Å². The highest BCUT2D eigenvalue weighted by Gasteiger charge is 2.70. The molecule has 0 radical (unpaired) electrons. The van der Waals surface area contributed by atoms with Crippen LogP contribution in [0.5, 0.6) is 0 Å². The highest BCUT2D eigenvalue weighted by Crippen LogP contribution is 2.46. The molecule has 0 aromatic carbocycles. The zero-order valence-corrected chi connectivity index (χ0v) is 6.78. The van der Waals surface area contributed by atoms with Gasteiger partial charge in [-0.15, -0.1) is 0 Å². The van der Waals surface area contributed by atoms with E-state index in [0.29, 0.717) is 0 Å². The highest BCUT2D eigenvalue weighted by atomic mass is 19.3. The van der Waals surface area contributed by atoms with Crippen LogP contribution in [-0.4, -0.2) is 34.8 Å². The minimum absolute atomic E-state index is 0.765. The Morgan fingerprint density at radius 2 is 1.36 bits per heavy atom. The fourth-order valence-corrected chi connectivity index (χ4v) is 0.678. The topological polar surface area (TPSA) is 40.5 Å². The molecular formula is C6H8F6O2. The van der Waals surface area contributed by atoms with Crippen LogP contribution in [-0.2, 0) is 0 Å². The summed E-state index contributed by atoms with van der Waals surface area (Å²) >= 11 is 0. The molecule has 8 heteroatoms. The molecule has 0 amide bonds. The minimum Gasteiger partial charge on any atom is -0.396 e. The first kappa shape index (κ1) is 13.5. The third-order valence-corrected chi connectivity index (χ3v) is 1.49. The molecule has 0 bridgehead atoms. The Morgan fingerprint density at radius 3 is 1.64 bits per heavy atom. The maximum atomic E-state index is 12.4. The SMILES string of the molecule is OCCCC(F)(F)C(F)(F)C(O)(F)F. The van der Waals surface area contributed by atoms with E-state index in [2.05, 4.69) is 0 Å². The van der Waals surface area contributed by atoms with Gasteiger partial charge in [0.1, 0.15) is 0 Å². The predicted molar refractivity (Wildman–Crippen MR) is 33.4 cm³/mol. The van der Waals surface area contributed by atoms with Gasteiger partial charge in [-0.3, -0.25) is 0 Å². The first-order valence-electron chi connectivity index (χ1n) is 3.53. The number of aliphatic hydroxyl groups is 2. The molecule has 0 aromatic heterocycles. The van der Waals surface area contributed by atoms with Gasteiger partial charge in [0.05, 0.1) is 0 Å². The van der Waals surface area contributed by atoms with Crippen LogP contribution < -0.4 is 0 Å². The van der Waals surface area contributed by atoms with Gasteiger partial charge in [0, 0.05) is 13.0 Å². The number of hydrogen-bond acceptors (Lipinski definition) is 2. The number of halogens is 6. The average molecular weight is 226 g/mol. The minimum atomic E-state index is -5.84. The van der Waals surface area contributed by atoms with Crippen LogP contribution in [0.25, 0.3) is 0 Å². The van der Waals surface area contributed by atoms with Crippen molar-refractivity contribution in [1.29, 1.82) is 0 Å². The second-order valence-corrected chi connectivity index (χ2v) is 2.65. The van der Waals surface area contributed by atoms with Crippen LogP contribution in [0.15, 0.2) is 0 Å². The van der Waals surface area contributed by atoms with E-state index in [1.807, 2.05) is 0 Å². The number of hydrogen-bond donors (Lipinski definition) is 2. The second kappa shape index (κ2) is 3.93. The van der Waals surface area contributed by atoms with Gasteiger partial charge in [0.15, 0.2) is 0 Å². The van der Waals surface area contributed by atoms with Crippen molar-refractivity contribution in [2.75, 3.05) is 6.61 Å². The number of aliphatic hydroxyl groups excluding tert-OH is 1. The molecule has 0 atom stereocenters. The van der Waals surface area contributed by atoms with E-state index in [9.17, 15) is 26.3 Å². The molecule has 0 aliphatic carbocycles. The summed E-state index contributed by atoms with van der Waals surface area (Å²) in [5.41, 5.74) is 0. The molecule has 86 valence electrons. The molecule has 2 N–H and O–H groups in total. The lowest BCUT2D eigenvalue weighted by molar-refractivity contribution is -0.384. The first-order valence-corrected chi connectivity index (χ1v) is 3.53. The molecule has 0 aliphatic heterocycles. The van der Waals surface area contributed by atoms with E-state index in [1.54, 1.807) is 0 Å². The number of rotatable bonds is 5. The summed E-state index contributed by atoms with van der Waals surface area (Å²) in [6.07, 6.45) is -8.18. The molecule has 0 fully saturated rings. The fourth-order valence-electron chi connectivity index (χ4n) is 0.678. The van der Waals surface area contributed by atoms with Crippen LogP contribution in [0.4, 0.5) is 26.3 Å². The zero-order valence-electron chi connectivity index (χ0n) is 6.78. The van der Waals surface area contributed by atoms with Gasteiger partial charge in [0.25, 0.3) is 0 Å². The van der Waals surface area contributed by atoms with Gasteiger partial charge in [-0.25, -0.2) is 0 Å². The van der Waals surface area contributed by atoms with Crippen molar-refractivity contribution >= 4 is 0 Å². The Morgan fingerprint density at radius 1 is 0.929 bits per heavy atom. The average Bonchev–Trinajstić information content (AvgIpc) is 1.98. The van der Waals surface area contributed by atoms with Crippen LogP contribution in [0, 0.1) is 0 Å². The van der Waals surface area contributed by atoms with Crippen molar-refractivity contribution in [2.45, 2.75) is 30.8 Å². The maximum Gasteiger partial charge on any atom is 0.423 e. The van der Waals surface area contributed by atoms with E-state index in [4.69, 9.17) is 10.2 Å². The molecule has 0 saturated heterocycles. The van der Waals surface area contributed by atoms with E-state index in [-0.39, 0.29) is 0 Å². The Balaban J connectivity index is 4.69. The summed E-state index contributed by atoms with van der Waals surface area (Å²) in [5, 5.41) is 15.6. The van der Waals surface area contributed by atoms with Crippen LogP contribution in [0.3, 0.4) is 0 Å². The van der Waals surface area contributed by atoms with E-state index < -0.39 is 37.4 Å². The monoisotopic (exact) mass is 226 g/mol. The predicted octanol–water partition coefficient (Wildman–Crippen LogP) is 1.61. The first-order chi connectivity index (χ1) is 6.06. The van der Waals surface area contributed by atoms with Gasteiger partial charge in [-0.2, -0.15) is 26.3 Å². The molecule has 0 heterocycles. The number of alkyl halides is 6. The molecule has 0 rings (SSSR count). The molecule has 14 heavy (non-hydrogen) atoms. The quantitative estimate of drug-likeness (QED) is 0.699. The lowest BCUT2D eigenvalue weighted by Gasteiger charge is -2.29. The summed E-state index contributed by atoms with van der Waals surface area (Å²) in [5.74, 6) is -10.9. The zero-order chi connectivity index (χ0) is 11.6. The van der Waals surface area contributed by atoms with Gasteiger partial charge in [-0.1, -0.05) is 0 Å². The van der Waals surface area contributed by atoms with Crippen molar-refractivity contribution in [3.63, 3.8) is 0 Å². The third kappa shape index (κ3) is 2.50. The normalized spacial score (nSPS) is 14.6. The second-order valence-electron chi connectivity index (χ2n) is 2.65.